The molecule has 1 heterocycles. The highest BCUT2D eigenvalue weighted by molar-refractivity contribution is 5.45. The Balaban J connectivity index is 1.61. The number of hydrogen-bond acceptors (Lipinski definition) is 6. The minimum Gasteiger partial charge on any atom is -0.493 e. The maximum absolute atomic E-state index is 5.34. The molecule has 0 unspecified atom stereocenters. The van der Waals surface area contributed by atoms with E-state index >= 15 is 0 Å². The van der Waals surface area contributed by atoms with Gasteiger partial charge in [-0.2, -0.15) is 4.98 Å². The summed E-state index contributed by atoms with van der Waals surface area (Å²) in [5, 5.41) is 6.59. The second-order valence-electron chi connectivity index (χ2n) is 6.09. The molecule has 2 N–H and O–H groups in total. The summed E-state index contributed by atoms with van der Waals surface area (Å²) in [5.41, 5.74) is 3.55. The molecule has 27 heavy (non-hydrogen) atoms. The van der Waals surface area contributed by atoms with Crippen LogP contribution >= 0.6 is 0 Å². The molecule has 0 amide bonds. The number of hydrogen-bond donors (Lipinski definition) is 2. The van der Waals surface area contributed by atoms with Crippen LogP contribution in [-0.2, 0) is 13.1 Å². The predicted octanol–water partition coefficient (Wildman–Crippen LogP) is 4.03. The first-order chi connectivity index (χ1) is 13.2. The number of ether oxygens (including phenoxy) is 2. The zero-order valence-electron chi connectivity index (χ0n) is 15.8. The Morgan fingerprint density at radius 3 is 2.48 bits per heavy atom. The number of aromatic nitrogens is 2. The van der Waals surface area contributed by atoms with Gasteiger partial charge in [0.2, 0.25) is 5.95 Å². The second-order valence-corrected chi connectivity index (χ2v) is 6.09. The molecule has 6 heteroatoms. The van der Waals surface area contributed by atoms with Gasteiger partial charge in [0.05, 0.1) is 14.2 Å². The number of methoxy groups -OCH3 is 2. The van der Waals surface area contributed by atoms with Gasteiger partial charge >= 0.3 is 0 Å². The fraction of sp³-hybridized carbons (Fsp3) is 0.238. The van der Waals surface area contributed by atoms with Crippen molar-refractivity contribution < 1.29 is 9.47 Å². The smallest absolute Gasteiger partial charge is 0.224 e. The summed E-state index contributed by atoms with van der Waals surface area (Å²) in [7, 11) is 3.25. The Bertz CT molecular complexity index is 899. The molecule has 0 aliphatic heterocycles. The molecule has 0 atom stereocenters. The maximum atomic E-state index is 5.34. The third-order valence-electron chi connectivity index (χ3n) is 4.28. The molecule has 3 rings (SSSR count). The van der Waals surface area contributed by atoms with Gasteiger partial charge in [-0.05, 0) is 41.8 Å². The van der Waals surface area contributed by atoms with Crippen molar-refractivity contribution in [2.75, 3.05) is 24.9 Å². The van der Waals surface area contributed by atoms with Crippen LogP contribution in [0.15, 0.2) is 54.7 Å². The lowest BCUT2D eigenvalue weighted by molar-refractivity contribution is 0.354. The topological polar surface area (TPSA) is 68.3 Å². The third kappa shape index (κ3) is 4.88. The Labute approximate surface area is 159 Å². The van der Waals surface area contributed by atoms with Crippen LogP contribution in [0.1, 0.15) is 16.7 Å². The van der Waals surface area contributed by atoms with Gasteiger partial charge in [0.15, 0.2) is 11.5 Å². The van der Waals surface area contributed by atoms with Gasteiger partial charge in [-0.25, -0.2) is 4.98 Å². The minimum atomic E-state index is 0.569. The van der Waals surface area contributed by atoms with E-state index in [9.17, 15) is 0 Å². The van der Waals surface area contributed by atoms with Crippen LogP contribution in [0, 0.1) is 6.92 Å². The highest BCUT2D eigenvalue weighted by atomic mass is 16.5. The molecular weight excluding hydrogens is 340 g/mol. The summed E-state index contributed by atoms with van der Waals surface area (Å²) < 4.78 is 10.6. The normalized spacial score (nSPS) is 10.3. The number of aryl methyl sites for hydroxylation is 1. The van der Waals surface area contributed by atoms with Gasteiger partial charge in [-0.1, -0.05) is 30.3 Å². The van der Waals surface area contributed by atoms with E-state index in [0.717, 1.165) is 17.9 Å². The van der Waals surface area contributed by atoms with E-state index in [1.165, 1.54) is 11.1 Å². The van der Waals surface area contributed by atoms with E-state index in [-0.39, 0.29) is 0 Å². The van der Waals surface area contributed by atoms with Crippen molar-refractivity contribution in [1.82, 2.24) is 9.97 Å². The van der Waals surface area contributed by atoms with Crippen molar-refractivity contribution in [2.45, 2.75) is 20.0 Å². The Hall–Kier alpha value is -3.28. The monoisotopic (exact) mass is 364 g/mol. The molecule has 1 aromatic heterocycles. The number of nitrogens with zero attached hydrogens (tertiary/aromatic N) is 2. The highest BCUT2D eigenvalue weighted by Crippen LogP contribution is 2.27. The van der Waals surface area contributed by atoms with Gasteiger partial charge in [-0.15, -0.1) is 0 Å². The van der Waals surface area contributed by atoms with E-state index in [1.807, 2.05) is 36.4 Å². The molecule has 0 saturated carbocycles. The van der Waals surface area contributed by atoms with Gasteiger partial charge in [0.1, 0.15) is 5.82 Å². The number of rotatable bonds is 8. The first kappa shape index (κ1) is 18.5. The summed E-state index contributed by atoms with van der Waals surface area (Å²) in [6, 6.07) is 16.0. The summed E-state index contributed by atoms with van der Waals surface area (Å²) in [5.74, 6) is 2.76. The minimum absolute atomic E-state index is 0.569. The largest absolute Gasteiger partial charge is 0.493 e. The lowest BCUT2D eigenvalue weighted by Gasteiger charge is -2.11. The van der Waals surface area contributed by atoms with Crippen molar-refractivity contribution in [3.63, 3.8) is 0 Å². The summed E-state index contributed by atoms with van der Waals surface area (Å²) in [6.07, 6.45) is 1.74. The van der Waals surface area contributed by atoms with E-state index < -0.39 is 0 Å². The summed E-state index contributed by atoms with van der Waals surface area (Å²) >= 11 is 0. The van der Waals surface area contributed by atoms with E-state index in [1.54, 1.807) is 20.4 Å². The SMILES string of the molecule is COc1ccc(CNc2nccc(NCc3ccccc3C)n2)cc1OC. The Morgan fingerprint density at radius 1 is 0.889 bits per heavy atom. The Morgan fingerprint density at radius 2 is 1.70 bits per heavy atom. The quantitative estimate of drug-likeness (QED) is 0.629. The van der Waals surface area contributed by atoms with Crippen LogP contribution in [-0.4, -0.2) is 24.2 Å². The van der Waals surface area contributed by atoms with Crippen molar-refractivity contribution in [1.29, 1.82) is 0 Å². The van der Waals surface area contributed by atoms with E-state index in [2.05, 4.69) is 39.7 Å². The van der Waals surface area contributed by atoms with Crippen molar-refractivity contribution >= 4 is 11.8 Å². The molecule has 3 aromatic rings. The zero-order chi connectivity index (χ0) is 19.1. The molecule has 0 saturated heterocycles. The number of nitrogens with one attached hydrogen (secondary N) is 2. The average molecular weight is 364 g/mol. The molecule has 140 valence electrons. The molecule has 2 aromatic carbocycles. The number of anilines is 2. The first-order valence-electron chi connectivity index (χ1n) is 8.76. The van der Waals surface area contributed by atoms with Crippen molar-refractivity contribution in [3.8, 4) is 11.5 Å². The molecular formula is C21H24N4O2. The molecule has 6 nitrogen and oxygen atoms in total. The second kappa shape index (κ2) is 8.89. The molecule has 0 bridgehead atoms. The van der Waals surface area contributed by atoms with E-state index in [0.29, 0.717) is 24.0 Å². The van der Waals surface area contributed by atoms with Crippen molar-refractivity contribution in [2.24, 2.45) is 0 Å². The van der Waals surface area contributed by atoms with Crippen LogP contribution < -0.4 is 20.1 Å². The fourth-order valence-electron chi connectivity index (χ4n) is 2.71. The Kier molecular flexibility index (Phi) is 6.10. The van der Waals surface area contributed by atoms with Crippen molar-refractivity contribution in [3.05, 3.63) is 71.4 Å². The zero-order valence-corrected chi connectivity index (χ0v) is 15.8. The summed E-state index contributed by atoms with van der Waals surface area (Å²) in [4.78, 5) is 8.80. The predicted molar refractivity (Wildman–Crippen MR) is 107 cm³/mol. The number of benzene rings is 2. The standard InChI is InChI=1S/C21H24N4O2/c1-15-6-4-5-7-17(15)14-23-20-10-11-22-21(25-20)24-13-16-8-9-18(26-2)19(12-16)27-3/h4-12H,13-14H2,1-3H3,(H2,22,23,24,25). The molecule has 0 aliphatic carbocycles. The van der Waals surface area contributed by atoms with E-state index in [4.69, 9.17) is 9.47 Å². The van der Waals surface area contributed by atoms with Gasteiger partial charge in [0, 0.05) is 19.3 Å². The molecule has 0 fully saturated rings. The van der Waals surface area contributed by atoms with Gasteiger partial charge in [-0.3, -0.25) is 0 Å². The molecule has 0 spiro atoms. The first-order valence-corrected chi connectivity index (χ1v) is 8.76. The fourth-order valence-corrected chi connectivity index (χ4v) is 2.71. The third-order valence-corrected chi connectivity index (χ3v) is 4.28. The lowest BCUT2D eigenvalue weighted by Crippen LogP contribution is -2.07. The molecule has 0 radical (unpaired) electrons. The maximum Gasteiger partial charge on any atom is 0.224 e. The molecule has 0 aliphatic rings. The lowest BCUT2D eigenvalue weighted by atomic mass is 10.1. The summed E-state index contributed by atoms with van der Waals surface area (Å²) in [6.45, 7) is 3.41. The van der Waals surface area contributed by atoms with Crippen LogP contribution in [0.4, 0.5) is 11.8 Å². The van der Waals surface area contributed by atoms with Crippen LogP contribution in [0.3, 0.4) is 0 Å². The average Bonchev–Trinajstić information content (AvgIpc) is 2.71. The van der Waals surface area contributed by atoms with Crippen LogP contribution in [0.5, 0.6) is 11.5 Å². The van der Waals surface area contributed by atoms with Gasteiger partial charge < -0.3 is 20.1 Å². The van der Waals surface area contributed by atoms with Crippen LogP contribution in [0.2, 0.25) is 0 Å². The highest BCUT2D eigenvalue weighted by Gasteiger charge is 2.06. The van der Waals surface area contributed by atoms with Gasteiger partial charge in [0.25, 0.3) is 0 Å². The van der Waals surface area contributed by atoms with Crippen LogP contribution in [0.25, 0.3) is 0 Å².